The van der Waals surface area contributed by atoms with Crippen LogP contribution in [0.5, 0.6) is 0 Å². The van der Waals surface area contributed by atoms with Gasteiger partial charge in [0.2, 0.25) is 0 Å². The highest BCUT2D eigenvalue weighted by molar-refractivity contribution is 9.10. The third-order valence-corrected chi connectivity index (χ3v) is 3.78. The summed E-state index contributed by atoms with van der Waals surface area (Å²) in [6.07, 6.45) is 0. The number of carbonyl (C=O) groups is 1. The Bertz CT molecular complexity index is 623. The van der Waals surface area contributed by atoms with Gasteiger partial charge in [0.05, 0.1) is 5.56 Å². The van der Waals surface area contributed by atoms with Gasteiger partial charge in [-0.05, 0) is 71.7 Å². The number of aryl methyl sites for hydroxylation is 1. The number of benzene rings is 2. The SMILES string of the molecule is CCN(C(=O)c1ccc(C)cc1Br)c1ccc(N)cc1. The summed E-state index contributed by atoms with van der Waals surface area (Å²) in [6.45, 7) is 4.55. The van der Waals surface area contributed by atoms with Gasteiger partial charge in [0.1, 0.15) is 0 Å². The summed E-state index contributed by atoms with van der Waals surface area (Å²) in [5.41, 5.74) is 9.00. The second-order valence-corrected chi connectivity index (χ2v) is 5.48. The molecule has 0 aliphatic carbocycles. The number of rotatable bonds is 3. The van der Waals surface area contributed by atoms with Gasteiger partial charge < -0.3 is 10.6 Å². The third kappa shape index (κ3) is 3.02. The molecule has 1 amide bonds. The predicted molar refractivity (Wildman–Crippen MR) is 87.1 cm³/mol. The minimum Gasteiger partial charge on any atom is -0.399 e. The Morgan fingerprint density at radius 3 is 2.40 bits per heavy atom. The molecule has 2 rings (SSSR count). The summed E-state index contributed by atoms with van der Waals surface area (Å²) in [6, 6.07) is 13.1. The lowest BCUT2D eigenvalue weighted by molar-refractivity contribution is 0.0987. The van der Waals surface area contributed by atoms with Crippen molar-refractivity contribution in [1.29, 1.82) is 0 Å². The summed E-state index contributed by atoms with van der Waals surface area (Å²) in [5.74, 6) is -0.0239. The van der Waals surface area contributed by atoms with E-state index in [1.54, 1.807) is 17.0 Å². The highest BCUT2D eigenvalue weighted by Gasteiger charge is 2.18. The summed E-state index contributed by atoms with van der Waals surface area (Å²) in [4.78, 5) is 14.4. The van der Waals surface area contributed by atoms with Crippen LogP contribution < -0.4 is 10.6 Å². The zero-order valence-electron chi connectivity index (χ0n) is 11.6. The van der Waals surface area contributed by atoms with Crippen LogP contribution in [-0.4, -0.2) is 12.5 Å². The molecule has 0 atom stereocenters. The maximum Gasteiger partial charge on any atom is 0.259 e. The summed E-state index contributed by atoms with van der Waals surface area (Å²) in [5, 5.41) is 0. The zero-order chi connectivity index (χ0) is 14.7. The lowest BCUT2D eigenvalue weighted by Gasteiger charge is -2.22. The number of nitrogens with two attached hydrogens (primary N) is 1. The van der Waals surface area contributed by atoms with E-state index in [1.165, 1.54) is 0 Å². The molecule has 0 heterocycles. The molecule has 0 saturated heterocycles. The molecule has 2 aromatic carbocycles. The van der Waals surface area contributed by atoms with E-state index in [4.69, 9.17) is 5.73 Å². The van der Waals surface area contributed by atoms with E-state index >= 15 is 0 Å². The van der Waals surface area contributed by atoms with Gasteiger partial charge in [-0.3, -0.25) is 4.79 Å². The first-order valence-electron chi connectivity index (χ1n) is 6.46. The van der Waals surface area contributed by atoms with Gasteiger partial charge in [-0.15, -0.1) is 0 Å². The lowest BCUT2D eigenvalue weighted by Crippen LogP contribution is -2.30. The number of hydrogen-bond donors (Lipinski definition) is 1. The minimum atomic E-state index is -0.0239. The molecule has 0 aliphatic heterocycles. The molecule has 0 saturated carbocycles. The fraction of sp³-hybridized carbons (Fsp3) is 0.188. The Kier molecular flexibility index (Phi) is 4.45. The Morgan fingerprint density at radius 1 is 1.20 bits per heavy atom. The molecule has 0 unspecified atom stereocenters. The van der Waals surface area contributed by atoms with Crippen LogP contribution in [0.15, 0.2) is 46.9 Å². The first-order chi connectivity index (χ1) is 9.52. The van der Waals surface area contributed by atoms with Crippen LogP contribution in [0.4, 0.5) is 11.4 Å². The predicted octanol–water partition coefficient (Wildman–Crippen LogP) is 4.01. The molecule has 2 N–H and O–H groups in total. The first kappa shape index (κ1) is 14.6. The number of hydrogen-bond acceptors (Lipinski definition) is 2. The summed E-state index contributed by atoms with van der Waals surface area (Å²) in [7, 11) is 0. The van der Waals surface area contributed by atoms with Crippen molar-refractivity contribution in [2.75, 3.05) is 17.2 Å². The van der Waals surface area contributed by atoms with Crippen LogP contribution in [0, 0.1) is 6.92 Å². The van der Waals surface area contributed by atoms with Gasteiger partial charge in [0.25, 0.3) is 5.91 Å². The van der Waals surface area contributed by atoms with Crippen LogP contribution >= 0.6 is 15.9 Å². The van der Waals surface area contributed by atoms with E-state index < -0.39 is 0 Å². The number of anilines is 2. The molecule has 0 radical (unpaired) electrons. The molecule has 4 heteroatoms. The summed E-state index contributed by atoms with van der Waals surface area (Å²) >= 11 is 3.46. The zero-order valence-corrected chi connectivity index (χ0v) is 13.1. The lowest BCUT2D eigenvalue weighted by atomic mass is 10.1. The van der Waals surface area contributed by atoms with Crippen LogP contribution in [0.2, 0.25) is 0 Å². The Balaban J connectivity index is 2.36. The molecular formula is C16H17BrN2O. The van der Waals surface area contributed by atoms with Gasteiger partial charge in [-0.1, -0.05) is 6.07 Å². The molecule has 0 fully saturated rings. The van der Waals surface area contributed by atoms with Crippen molar-refractivity contribution >= 4 is 33.2 Å². The molecule has 104 valence electrons. The van der Waals surface area contributed by atoms with Gasteiger partial charge in [-0.2, -0.15) is 0 Å². The number of nitrogen functional groups attached to an aromatic ring is 1. The van der Waals surface area contributed by atoms with E-state index in [-0.39, 0.29) is 5.91 Å². The average Bonchev–Trinajstić information content (AvgIpc) is 2.41. The van der Waals surface area contributed by atoms with Gasteiger partial charge in [0.15, 0.2) is 0 Å². The first-order valence-corrected chi connectivity index (χ1v) is 7.25. The molecule has 0 aliphatic rings. The van der Waals surface area contributed by atoms with E-state index in [2.05, 4.69) is 15.9 Å². The molecular weight excluding hydrogens is 316 g/mol. The van der Waals surface area contributed by atoms with Crippen molar-refractivity contribution < 1.29 is 4.79 Å². The largest absolute Gasteiger partial charge is 0.399 e. The number of carbonyl (C=O) groups excluding carboxylic acids is 1. The van der Waals surface area contributed by atoms with E-state index in [0.29, 0.717) is 17.8 Å². The van der Waals surface area contributed by atoms with Crippen molar-refractivity contribution in [2.24, 2.45) is 0 Å². The smallest absolute Gasteiger partial charge is 0.259 e. The molecule has 0 bridgehead atoms. The monoisotopic (exact) mass is 332 g/mol. The number of halogens is 1. The van der Waals surface area contributed by atoms with Crippen molar-refractivity contribution in [3.63, 3.8) is 0 Å². The Hall–Kier alpha value is -1.81. The molecule has 0 spiro atoms. The van der Waals surface area contributed by atoms with Crippen LogP contribution in [0.25, 0.3) is 0 Å². The molecule has 0 aromatic heterocycles. The average molecular weight is 333 g/mol. The van der Waals surface area contributed by atoms with Crippen LogP contribution in [-0.2, 0) is 0 Å². The third-order valence-electron chi connectivity index (χ3n) is 3.12. The van der Waals surface area contributed by atoms with Gasteiger partial charge in [0, 0.05) is 22.4 Å². The topological polar surface area (TPSA) is 46.3 Å². The van der Waals surface area contributed by atoms with Gasteiger partial charge >= 0.3 is 0 Å². The quantitative estimate of drug-likeness (QED) is 0.863. The number of nitrogens with zero attached hydrogens (tertiary/aromatic N) is 1. The molecule has 3 nitrogen and oxygen atoms in total. The highest BCUT2D eigenvalue weighted by Crippen LogP contribution is 2.24. The van der Waals surface area contributed by atoms with E-state index in [9.17, 15) is 4.79 Å². The Morgan fingerprint density at radius 2 is 1.85 bits per heavy atom. The highest BCUT2D eigenvalue weighted by atomic mass is 79.9. The maximum atomic E-state index is 12.7. The van der Waals surface area contributed by atoms with Crippen molar-refractivity contribution in [2.45, 2.75) is 13.8 Å². The second-order valence-electron chi connectivity index (χ2n) is 4.62. The van der Waals surface area contributed by atoms with Crippen molar-refractivity contribution in [3.05, 3.63) is 58.1 Å². The fourth-order valence-electron chi connectivity index (χ4n) is 2.04. The van der Waals surface area contributed by atoms with Crippen molar-refractivity contribution in [1.82, 2.24) is 0 Å². The van der Waals surface area contributed by atoms with E-state index in [0.717, 1.165) is 15.7 Å². The Labute approximate surface area is 127 Å². The van der Waals surface area contributed by atoms with E-state index in [1.807, 2.05) is 44.2 Å². The fourth-order valence-corrected chi connectivity index (χ4v) is 2.70. The van der Waals surface area contributed by atoms with Gasteiger partial charge in [-0.25, -0.2) is 0 Å². The van der Waals surface area contributed by atoms with Crippen LogP contribution in [0.3, 0.4) is 0 Å². The molecule has 2 aromatic rings. The normalized spacial score (nSPS) is 10.3. The van der Waals surface area contributed by atoms with Crippen LogP contribution in [0.1, 0.15) is 22.8 Å². The maximum absolute atomic E-state index is 12.7. The molecule has 20 heavy (non-hydrogen) atoms. The van der Waals surface area contributed by atoms with Crippen molar-refractivity contribution in [3.8, 4) is 0 Å². The standard InChI is InChI=1S/C16H17BrN2O/c1-3-19(13-7-5-12(18)6-8-13)16(20)14-9-4-11(2)10-15(14)17/h4-10H,3,18H2,1-2H3. The summed E-state index contributed by atoms with van der Waals surface area (Å²) < 4.78 is 0.816. The number of amides is 1. The minimum absolute atomic E-state index is 0.0239. The second kappa shape index (κ2) is 6.09.